The van der Waals surface area contributed by atoms with Crippen molar-refractivity contribution in [3.8, 4) is 0 Å². The van der Waals surface area contributed by atoms with Crippen LogP contribution in [0, 0.1) is 17.7 Å². The number of carbonyl (C=O) groups is 1. The zero-order valence-electron chi connectivity index (χ0n) is 10.6. The number of halogens is 1. The van der Waals surface area contributed by atoms with E-state index in [0.29, 0.717) is 18.4 Å². The lowest BCUT2D eigenvalue weighted by Crippen LogP contribution is -2.25. The predicted molar refractivity (Wildman–Crippen MR) is 68.7 cm³/mol. The van der Waals surface area contributed by atoms with Gasteiger partial charge in [-0.1, -0.05) is 25.1 Å². The van der Waals surface area contributed by atoms with Crippen molar-refractivity contribution in [1.82, 2.24) is 0 Å². The number of carboxylic acid groups (broad SMARTS) is 1. The van der Waals surface area contributed by atoms with Gasteiger partial charge in [0.1, 0.15) is 5.82 Å². The standard InChI is InChI=1S/C14H20FNO2/c1-10(8-12(9-16)14(17)18)6-7-11-4-2-3-5-13(11)15/h2-5,10,12H,6-9,16H2,1H3,(H,17,18). The van der Waals surface area contributed by atoms with Crippen molar-refractivity contribution >= 4 is 5.97 Å². The Labute approximate surface area is 107 Å². The van der Waals surface area contributed by atoms with Gasteiger partial charge in [-0.2, -0.15) is 0 Å². The summed E-state index contributed by atoms with van der Waals surface area (Å²) in [6.07, 6.45) is 1.94. The maximum Gasteiger partial charge on any atom is 0.307 e. The monoisotopic (exact) mass is 253 g/mol. The Kier molecular flexibility index (Phi) is 5.78. The molecule has 0 aromatic heterocycles. The van der Waals surface area contributed by atoms with Crippen molar-refractivity contribution in [2.75, 3.05) is 6.54 Å². The number of carboxylic acids is 1. The van der Waals surface area contributed by atoms with E-state index in [9.17, 15) is 9.18 Å². The van der Waals surface area contributed by atoms with Crippen LogP contribution in [-0.2, 0) is 11.2 Å². The van der Waals surface area contributed by atoms with Crippen molar-refractivity contribution in [3.63, 3.8) is 0 Å². The molecule has 0 radical (unpaired) electrons. The molecule has 0 amide bonds. The largest absolute Gasteiger partial charge is 0.481 e. The highest BCUT2D eigenvalue weighted by Gasteiger charge is 2.18. The minimum Gasteiger partial charge on any atom is -0.481 e. The fourth-order valence-corrected chi connectivity index (χ4v) is 2.00. The summed E-state index contributed by atoms with van der Waals surface area (Å²) < 4.78 is 13.4. The van der Waals surface area contributed by atoms with Crippen LogP contribution in [0.1, 0.15) is 25.3 Å². The van der Waals surface area contributed by atoms with Gasteiger partial charge in [-0.25, -0.2) is 4.39 Å². The van der Waals surface area contributed by atoms with Gasteiger partial charge in [0, 0.05) is 6.54 Å². The third-order valence-corrected chi connectivity index (χ3v) is 3.18. The second-order valence-electron chi connectivity index (χ2n) is 4.74. The summed E-state index contributed by atoms with van der Waals surface area (Å²) in [6.45, 7) is 2.13. The Morgan fingerprint density at radius 2 is 2.11 bits per heavy atom. The fraction of sp³-hybridized carbons (Fsp3) is 0.500. The lowest BCUT2D eigenvalue weighted by atomic mass is 9.91. The molecule has 0 bridgehead atoms. The first-order valence-corrected chi connectivity index (χ1v) is 6.20. The average Bonchev–Trinajstić information content (AvgIpc) is 2.34. The molecule has 2 atom stereocenters. The van der Waals surface area contributed by atoms with Crippen LogP contribution in [0.2, 0.25) is 0 Å². The molecule has 1 rings (SSSR count). The van der Waals surface area contributed by atoms with Crippen LogP contribution in [0.25, 0.3) is 0 Å². The number of benzene rings is 1. The van der Waals surface area contributed by atoms with Crippen molar-refractivity contribution < 1.29 is 14.3 Å². The molecule has 3 N–H and O–H groups in total. The van der Waals surface area contributed by atoms with Gasteiger partial charge < -0.3 is 10.8 Å². The van der Waals surface area contributed by atoms with Gasteiger partial charge >= 0.3 is 5.97 Å². The van der Waals surface area contributed by atoms with Gasteiger partial charge in [0.15, 0.2) is 0 Å². The highest BCUT2D eigenvalue weighted by Crippen LogP contribution is 2.19. The van der Waals surface area contributed by atoms with E-state index in [0.717, 1.165) is 6.42 Å². The molecule has 0 aliphatic heterocycles. The molecule has 0 aliphatic rings. The van der Waals surface area contributed by atoms with Crippen molar-refractivity contribution in [2.24, 2.45) is 17.6 Å². The zero-order chi connectivity index (χ0) is 13.5. The van der Waals surface area contributed by atoms with Gasteiger partial charge in [-0.05, 0) is 36.8 Å². The van der Waals surface area contributed by atoms with Crippen molar-refractivity contribution in [1.29, 1.82) is 0 Å². The number of aryl methyl sites for hydroxylation is 1. The molecule has 18 heavy (non-hydrogen) atoms. The van der Waals surface area contributed by atoms with E-state index < -0.39 is 11.9 Å². The van der Waals surface area contributed by atoms with Gasteiger partial charge in [0.05, 0.1) is 5.92 Å². The first-order chi connectivity index (χ1) is 8.54. The molecular formula is C14H20FNO2. The molecule has 0 fully saturated rings. The van der Waals surface area contributed by atoms with Crippen LogP contribution in [0.5, 0.6) is 0 Å². The van der Waals surface area contributed by atoms with Crippen molar-refractivity contribution in [3.05, 3.63) is 35.6 Å². The first kappa shape index (κ1) is 14.6. The molecule has 2 unspecified atom stereocenters. The minimum atomic E-state index is -0.852. The SMILES string of the molecule is CC(CCc1ccccc1F)CC(CN)C(=O)O. The first-order valence-electron chi connectivity index (χ1n) is 6.20. The highest BCUT2D eigenvalue weighted by molar-refractivity contribution is 5.70. The van der Waals surface area contributed by atoms with Gasteiger partial charge in [0.25, 0.3) is 0 Å². The number of hydrogen-bond acceptors (Lipinski definition) is 2. The van der Waals surface area contributed by atoms with Crippen LogP contribution in [0.4, 0.5) is 4.39 Å². The van der Waals surface area contributed by atoms with Crippen LogP contribution < -0.4 is 5.73 Å². The lowest BCUT2D eigenvalue weighted by Gasteiger charge is -2.16. The molecule has 0 aliphatic carbocycles. The molecule has 0 saturated heterocycles. The molecule has 3 nitrogen and oxygen atoms in total. The third-order valence-electron chi connectivity index (χ3n) is 3.18. The van der Waals surface area contributed by atoms with Crippen LogP contribution in [0.15, 0.2) is 24.3 Å². The van der Waals surface area contributed by atoms with E-state index in [1.165, 1.54) is 6.07 Å². The summed E-state index contributed by atoms with van der Waals surface area (Å²) in [7, 11) is 0. The topological polar surface area (TPSA) is 63.3 Å². The molecular weight excluding hydrogens is 233 g/mol. The maximum atomic E-state index is 13.4. The summed E-state index contributed by atoms with van der Waals surface area (Å²) in [5.41, 5.74) is 6.10. The second-order valence-corrected chi connectivity index (χ2v) is 4.74. The quantitative estimate of drug-likeness (QED) is 0.784. The Bertz CT molecular complexity index is 395. The Morgan fingerprint density at radius 3 is 2.67 bits per heavy atom. The van der Waals surface area contributed by atoms with E-state index in [1.807, 2.05) is 13.0 Å². The molecule has 0 spiro atoms. The third kappa shape index (κ3) is 4.45. The Morgan fingerprint density at radius 1 is 1.44 bits per heavy atom. The van der Waals surface area contributed by atoms with Gasteiger partial charge in [0.2, 0.25) is 0 Å². The molecule has 0 heterocycles. The van der Waals surface area contributed by atoms with Crippen LogP contribution in [0.3, 0.4) is 0 Å². The van der Waals surface area contributed by atoms with Crippen LogP contribution in [-0.4, -0.2) is 17.6 Å². The smallest absolute Gasteiger partial charge is 0.307 e. The Hall–Kier alpha value is -1.42. The molecule has 0 saturated carbocycles. The summed E-state index contributed by atoms with van der Waals surface area (Å²) in [5.74, 6) is -1.33. The summed E-state index contributed by atoms with van der Waals surface area (Å²) in [4.78, 5) is 10.9. The predicted octanol–water partition coefficient (Wildman–Crippen LogP) is 2.44. The normalized spacial score (nSPS) is 14.2. The molecule has 100 valence electrons. The number of aliphatic carboxylic acids is 1. The van der Waals surface area contributed by atoms with E-state index >= 15 is 0 Å². The number of hydrogen-bond donors (Lipinski definition) is 2. The number of rotatable bonds is 7. The molecule has 4 heteroatoms. The summed E-state index contributed by atoms with van der Waals surface area (Å²) in [5, 5.41) is 8.91. The fourth-order valence-electron chi connectivity index (χ4n) is 2.00. The van der Waals surface area contributed by atoms with E-state index in [2.05, 4.69) is 0 Å². The van der Waals surface area contributed by atoms with E-state index in [4.69, 9.17) is 10.8 Å². The summed E-state index contributed by atoms with van der Waals surface area (Å²) >= 11 is 0. The molecule has 1 aromatic rings. The Balaban J connectivity index is 2.44. The van der Waals surface area contributed by atoms with E-state index in [1.54, 1.807) is 12.1 Å². The zero-order valence-corrected chi connectivity index (χ0v) is 10.6. The van der Waals surface area contributed by atoms with Crippen molar-refractivity contribution in [2.45, 2.75) is 26.2 Å². The minimum absolute atomic E-state index is 0.152. The lowest BCUT2D eigenvalue weighted by molar-refractivity contribution is -0.141. The van der Waals surface area contributed by atoms with Gasteiger partial charge in [-0.3, -0.25) is 4.79 Å². The second kappa shape index (κ2) is 7.11. The maximum absolute atomic E-state index is 13.4. The highest BCUT2D eigenvalue weighted by atomic mass is 19.1. The number of nitrogens with two attached hydrogens (primary N) is 1. The average molecular weight is 253 g/mol. The van der Waals surface area contributed by atoms with E-state index in [-0.39, 0.29) is 18.3 Å². The van der Waals surface area contributed by atoms with Gasteiger partial charge in [-0.15, -0.1) is 0 Å². The molecule has 1 aromatic carbocycles. The van der Waals surface area contributed by atoms with Crippen LogP contribution >= 0.6 is 0 Å². The summed E-state index contributed by atoms with van der Waals surface area (Å²) in [6, 6.07) is 6.68.